The number of carboxylic acid groups (broad SMARTS) is 1. The Hall–Kier alpha value is -2.39. The highest BCUT2D eigenvalue weighted by Gasteiger charge is 2.28. The SMILES string of the molecule is CCCc1c(OCCCSc2ccc(CC(=O)O)cc2Cl)ccc2c(CCC(F)(F)F)noc12. The second-order valence-corrected chi connectivity index (χ2v) is 9.34. The van der Waals surface area contributed by atoms with Gasteiger partial charge in [-0.25, -0.2) is 0 Å². The fourth-order valence-corrected chi connectivity index (χ4v) is 4.73. The second kappa shape index (κ2) is 11.8. The molecule has 0 atom stereocenters. The van der Waals surface area contributed by atoms with Crippen LogP contribution in [-0.4, -0.2) is 34.8 Å². The van der Waals surface area contributed by atoms with Crippen LogP contribution in [0.3, 0.4) is 0 Å². The molecule has 10 heteroatoms. The molecule has 0 radical (unpaired) electrons. The van der Waals surface area contributed by atoms with E-state index in [0.29, 0.717) is 46.0 Å². The summed E-state index contributed by atoms with van der Waals surface area (Å²) in [5, 5.41) is 13.9. The molecule has 0 saturated carbocycles. The number of fused-ring (bicyclic) bond motifs is 1. The molecule has 0 aliphatic heterocycles. The van der Waals surface area contributed by atoms with Gasteiger partial charge in [-0.05, 0) is 42.7 Å². The number of benzene rings is 2. The van der Waals surface area contributed by atoms with E-state index in [1.807, 2.05) is 13.0 Å². The first kappa shape index (κ1) is 26.2. The number of carbonyl (C=O) groups is 1. The van der Waals surface area contributed by atoms with E-state index >= 15 is 0 Å². The standard InChI is InChI=1S/C24H25ClF3NO4S/c1-2-4-17-20(7-6-16-19(29-33-23(16)17)9-10-24(26,27)28)32-11-3-12-34-21-8-5-15(13-18(21)25)14-22(30)31/h5-8,13H,2-4,9-12,14H2,1H3,(H,30,31). The molecule has 2 aromatic carbocycles. The number of ether oxygens (including phenoxy) is 1. The molecule has 0 amide bonds. The van der Waals surface area contributed by atoms with E-state index in [1.165, 1.54) is 0 Å². The first-order valence-electron chi connectivity index (χ1n) is 10.9. The quantitative estimate of drug-likeness (QED) is 0.204. The Morgan fingerprint density at radius 2 is 2.03 bits per heavy atom. The van der Waals surface area contributed by atoms with E-state index < -0.39 is 18.6 Å². The molecule has 0 aliphatic rings. The maximum absolute atomic E-state index is 12.6. The zero-order chi connectivity index (χ0) is 24.7. The lowest BCUT2D eigenvalue weighted by Gasteiger charge is -2.12. The number of rotatable bonds is 12. The average Bonchev–Trinajstić information content (AvgIpc) is 3.17. The predicted molar refractivity (Wildman–Crippen MR) is 126 cm³/mol. The van der Waals surface area contributed by atoms with Crippen molar-refractivity contribution in [1.82, 2.24) is 5.16 Å². The number of carboxylic acids is 1. The van der Waals surface area contributed by atoms with Crippen molar-refractivity contribution in [3.05, 3.63) is 52.2 Å². The molecule has 3 rings (SSSR count). The summed E-state index contributed by atoms with van der Waals surface area (Å²) in [6.45, 7) is 2.45. The van der Waals surface area contributed by atoms with Crippen molar-refractivity contribution in [3.8, 4) is 5.75 Å². The van der Waals surface area contributed by atoms with Gasteiger partial charge >= 0.3 is 12.1 Å². The minimum Gasteiger partial charge on any atom is -0.493 e. The lowest BCUT2D eigenvalue weighted by Crippen LogP contribution is -2.08. The molecule has 1 aromatic heterocycles. The van der Waals surface area contributed by atoms with Crippen molar-refractivity contribution in [2.75, 3.05) is 12.4 Å². The summed E-state index contributed by atoms with van der Waals surface area (Å²) in [5.41, 5.74) is 2.26. The summed E-state index contributed by atoms with van der Waals surface area (Å²) in [4.78, 5) is 11.7. The summed E-state index contributed by atoms with van der Waals surface area (Å²) >= 11 is 7.82. The van der Waals surface area contributed by atoms with E-state index in [2.05, 4.69) is 5.16 Å². The van der Waals surface area contributed by atoms with Gasteiger partial charge in [-0.15, -0.1) is 11.8 Å². The van der Waals surface area contributed by atoms with E-state index in [-0.39, 0.29) is 12.8 Å². The van der Waals surface area contributed by atoms with Crippen LogP contribution in [0.1, 0.15) is 43.0 Å². The highest BCUT2D eigenvalue weighted by molar-refractivity contribution is 7.99. The van der Waals surface area contributed by atoms with Gasteiger partial charge in [0.1, 0.15) is 5.75 Å². The van der Waals surface area contributed by atoms with Crippen LogP contribution in [0.4, 0.5) is 13.2 Å². The van der Waals surface area contributed by atoms with Gasteiger partial charge in [0.15, 0.2) is 5.58 Å². The Morgan fingerprint density at radius 1 is 1.24 bits per heavy atom. The highest BCUT2D eigenvalue weighted by Crippen LogP contribution is 2.33. The summed E-state index contributed by atoms with van der Waals surface area (Å²) in [5.74, 6) is 0.485. The molecule has 184 valence electrons. The normalized spacial score (nSPS) is 11.8. The Balaban J connectivity index is 1.58. The maximum Gasteiger partial charge on any atom is 0.389 e. The van der Waals surface area contributed by atoms with E-state index in [1.54, 1.807) is 36.0 Å². The van der Waals surface area contributed by atoms with E-state index in [0.717, 1.165) is 29.1 Å². The fourth-order valence-electron chi connectivity index (χ4n) is 3.52. The number of hydrogen-bond acceptors (Lipinski definition) is 5. The first-order chi connectivity index (χ1) is 16.2. The van der Waals surface area contributed by atoms with Gasteiger partial charge in [-0.2, -0.15) is 13.2 Å². The molecule has 0 saturated heterocycles. The second-order valence-electron chi connectivity index (χ2n) is 7.80. The summed E-state index contributed by atoms with van der Waals surface area (Å²) in [6.07, 6.45) is -3.27. The molecule has 34 heavy (non-hydrogen) atoms. The number of alkyl halides is 3. The van der Waals surface area contributed by atoms with Gasteiger partial charge < -0.3 is 14.4 Å². The van der Waals surface area contributed by atoms with E-state index in [9.17, 15) is 18.0 Å². The van der Waals surface area contributed by atoms with Crippen molar-refractivity contribution < 1.29 is 32.3 Å². The lowest BCUT2D eigenvalue weighted by molar-refractivity contribution is -0.136. The minimum absolute atomic E-state index is 0.0715. The van der Waals surface area contributed by atoms with Crippen molar-refractivity contribution in [3.63, 3.8) is 0 Å². The van der Waals surface area contributed by atoms with Crippen LogP contribution >= 0.6 is 23.4 Å². The fraction of sp³-hybridized carbons (Fsp3) is 0.417. The molecule has 1 heterocycles. The third-order valence-electron chi connectivity index (χ3n) is 5.08. The van der Waals surface area contributed by atoms with Crippen LogP contribution in [0.15, 0.2) is 39.8 Å². The van der Waals surface area contributed by atoms with Crippen molar-refractivity contribution >= 4 is 40.3 Å². The smallest absolute Gasteiger partial charge is 0.389 e. The lowest BCUT2D eigenvalue weighted by atomic mass is 10.0. The van der Waals surface area contributed by atoms with Gasteiger partial charge in [0.05, 0.1) is 23.7 Å². The molecule has 0 aliphatic carbocycles. The molecule has 0 spiro atoms. The molecular weight excluding hydrogens is 491 g/mol. The molecule has 3 aromatic rings. The Morgan fingerprint density at radius 3 is 2.71 bits per heavy atom. The summed E-state index contributed by atoms with van der Waals surface area (Å²) in [7, 11) is 0. The molecule has 5 nitrogen and oxygen atoms in total. The van der Waals surface area contributed by atoms with Crippen LogP contribution in [0.2, 0.25) is 5.02 Å². The van der Waals surface area contributed by atoms with Crippen LogP contribution in [0.5, 0.6) is 5.75 Å². The van der Waals surface area contributed by atoms with Crippen LogP contribution in [-0.2, 0) is 24.1 Å². The zero-order valence-electron chi connectivity index (χ0n) is 18.6. The molecule has 1 N–H and O–H groups in total. The number of aryl methyl sites for hydroxylation is 2. The number of halogens is 4. The van der Waals surface area contributed by atoms with Crippen LogP contribution in [0, 0.1) is 0 Å². The average molecular weight is 516 g/mol. The van der Waals surface area contributed by atoms with Crippen molar-refractivity contribution in [2.24, 2.45) is 0 Å². The largest absolute Gasteiger partial charge is 0.493 e. The number of aliphatic carboxylic acids is 1. The van der Waals surface area contributed by atoms with Crippen LogP contribution in [0.25, 0.3) is 11.0 Å². The molecule has 0 fully saturated rings. The molecule has 0 bridgehead atoms. The van der Waals surface area contributed by atoms with E-state index in [4.69, 9.17) is 26.0 Å². The number of hydrogen-bond donors (Lipinski definition) is 1. The van der Waals surface area contributed by atoms with Gasteiger partial charge in [-0.1, -0.05) is 36.2 Å². The highest BCUT2D eigenvalue weighted by atomic mass is 35.5. The Labute approximate surface area is 204 Å². The maximum atomic E-state index is 12.6. The van der Waals surface area contributed by atoms with Crippen molar-refractivity contribution in [1.29, 1.82) is 0 Å². The van der Waals surface area contributed by atoms with Gasteiger partial charge in [-0.3, -0.25) is 4.79 Å². The van der Waals surface area contributed by atoms with Gasteiger partial charge in [0.25, 0.3) is 0 Å². The Kier molecular flexibility index (Phi) is 9.13. The summed E-state index contributed by atoms with van der Waals surface area (Å²) in [6, 6.07) is 8.72. The molecule has 0 unspecified atom stereocenters. The third kappa shape index (κ3) is 7.30. The van der Waals surface area contributed by atoms with Crippen molar-refractivity contribution in [2.45, 2.75) is 56.5 Å². The first-order valence-corrected chi connectivity index (χ1v) is 12.3. The predicted octanol–water partition coefficient (Wildman–Crippen LogP) is 7.12. The molecular formula is C24H25ClF3NO4S. The third-order valence-corrected chi connectivity index (χ3v) is 6.66. The Bertz CT molecular complexity index is 1130. The van der Waals surface area contributed by atoms with Crippen LogP contribution < -0.4 is 4.74 Å². The minimum atomic E-state index is -4.25. The number of nitrogens with zero attached hydrogens (tertiary/aromatic N) is 1. The summed E-state index contributed by atoms with van der Waals surface area (Å²) < 4.78 is 49.2. The number of aromatic nitrogens is 1. The topological polar surface area (TPSA) is 72.6 Å². The zero-order valence-corrected chi connectivity index (χ0v) is 20.2. The van der Waals surface area contributed by atoms with Gasteiger partial charge in [0.2, 0.25) is 0 Å². The number of thioether (sulfide) groups is 1. The van der Waals surface area contributed by atoms with Gasteiger partial charge in [0, 0.05) is 34.4 Å². The monoisotopic (exact) mass is 515 g/mol.